The Morgan fingerprint density at radius 1 is 1.44 bits per heavy atom. The number of sulfonamides is 1. The third kappa shape index (κ3) is 5.51. The second-order valence-corrected chi connectivity index (χ2v) is 6.35. The van der Waals surface area contributed by atoms with E-state index >= 15 is 0 Å². The predicted octanol–water partition coefficient (Wildman–Crippen LogP) is -0.442. The minimum Gasteiger partial charge on any atom is -0.353 e. The number of rotatable bonds is 6. The maximum Gasteiger partial charge on any atom is 0.235 e. The number of amides is 1. The van der Waals surface area contributed by atoms with Gasteiger partial charge in [0.2, 0.25) is 15.9 Å². The van der Waals surface area contributed by atoms with Crippen molar-refractivity contribution in [3.05, 3.63) is 0 Å². The summed E-state index contributed by atoms with van der Waals surface area (Å²) in [5.74, 6) is -0.0751. The fourth-order valence-corrected chi connectivity index (χ4v) is 3.25. The number of hydrogen-bond donors (Lipinski definition) is 2. The zero-order valence-electron chi connectivity index (χ0n) is 10.8. The summed E-state index contributed by atoms with van der Waals surface area (Å²) in [6, 6.07) is 0.194. The maximum atomic E-state index is 11.6. The second-order valence-electron chi connectivity index (χ2n) is 4.27. The maximum absolute atomic E-state index is 11.6. The lowest BCUT2D eigenvalue weighted by atomic mass is 10.3. The van der Waals surface area contributed by atoms with Crippen LogP contribution in [0.2, 0.25) is 0 Å². The van der Waals surface area contributed by atoms with Gasteiger partial charge >= 0.3 is 0 Å². The molecular weight excluding hydrogens is 278 g/mol. The SMILES string of the molecule is CCN[C@H](C)CNC(=O)CN1CCCS1(=O)=O.Cl. The van der Waals surface area contributed by atoms with Crippen LogP contribution in [0.15, 0.2) is 0 Å². The van der Waals surface area contributed by atoms with E-state index in [1.165, 1.54) is 4.31 Å². The molecule has 0 bridgehead atoms. The molecule has 0 aliphatic carbocycles. The lowest BCUT2D eigenvalue weighted by Gasteiger charge is -2.16. The molecule has 1 aliphatic heterocycles. The topological polar surface area (TPSA) is 78.5 Å². The normalized spacial score (nSPS) is 20.1. The summed E-state index contributed by atoms with van der Waals surface area (Å²) in [6.07, 6.45) is 0.614. The van der Waals surface area contributed by atoms with Crippen molar-refractivity contribution in [2.24, 2.45) is 0 Å². The van der Waals surface area contributed by atoms with Crippen molar-refractivity contribution in [3.63, 3.8) is 0 Å². The van der Waals surface area contributed by atoms with Crippen molar-refractivity contribution < 1.29 is 13.2 Å². The second kappa shape index (κ2) is 7.93. The fraction of sp³-hybridized carbons (Fsp3) is 0.900. The van der Waals surface area contributed by atoms with Crippen molar-refractivity contribution in [2.75, 3.05) is 31.9 Å². The smallest absolute Gasteiger partial charge is 0.235 e. The molecular formula is C10H22ClN3O3S. The van der Waals surface area contributed by atoms with Crippen molar-refractivity contribution >= 4 is 28.3 Å². The Labute approximate surface area is 115 Å². The van der Waals surface area contributed by atoms with Crippen LogP contribution in [0.3, 0.4) is 0 Å². The van der Waals surface area contributed by atoms with E-state index in [9.17, 15) is 13.2 Å². The third-order valence-electron chi connectivity index (χ3n) is 2.68. The minimum absolute atomic E-state index is 0. The van der Waals surface area contributed by atoms with Crippen LogP contribution in [-0.4, -0.2) is 56.6 Å². The summed E-state index contributed by atoms with van der Waals surface area (Å²) in [4.78, 5) is 11.6. The molecule has 0 spiro atoms. The average molecular weight is 300 g/mol. The van der Waals surface area contributed by atoms with E-state index in [0.29, 0.717) is 19.5 Å². The molecule has 108 valence electrons. The molecule has 0 unspecified atom stereocenters. The number of nitrogens with one attached hydrogen (secondary N) is 2. The molecule has 0 aromatic carbocycles. The summed E-state index contributed by atoms with van der Waals surface area (Å²) in [5.41, 5.74) is 0. The summed E-state index contributed by atoms with van der Waals surface area (Å²) < 4.78 is 24.2. The van der Waals surface area contributed by atoms with Gasteiger partial charge in [0, 0.05) is 19.1 Å². The molecule has 0 radical (unpaired) electrons. The standard InChI is InChI=1S/C10H21N3O3S.ClH/c1-3-11-9(2)7-12-10(14)8-13-5-4-6-17(13,15)16;/h9,11H,3-8H2,1-2H3,(H,12,14);1H/t9-;/m1./s1. The van der Waals surface area contributed by atoms with Crippen LogP contribution in [0.5, 0.6) is 0 Å². The molecule has 1 fully saturated rings. The van der Waals surface area contributed by atoms with Gasteiger partial charge in [-0.15, -0.1) is 12.4 Å². The Morgan fingerprint density at radius 3 is 2.61 bits per heavy atom. The lowest BCUT2D eigenvalue weighted by molar-refractivity contribution is -0.121. The van der Waals surface area contributed by atoms with E-state index in [1.807, 2.05) is 13.8 Å². The number of hydrogen-bond acceptors (Lipinski definition) is 4. The van der Waals surface area contributed by atoms with Crippen molar-refractivity contribution in [1.82, 2.24) is 14.9 Å². The van der Waals surface area contributed by atoms with E-state index in [0.717, 1.165) is 6.54 Å². The number of carbonyl (C=O) groups is 1. The first-order valence-corrected chi connectivity index (χ1v) is 7.54. The van der Waals surface area contributed by atoms with Gasteiger partial charge in [-0.05, 0) is 19.9 Å². The number of carbonyl (C=O) groups excluding carboxylic acids is 1. The highest BCUT2D eigenvalue weighted by Gasteiger charge is 2.29. The molecule has 1 saturated heterocycles. The Hall–Kier alpha value is -0.370. The first-order chi connectivity index (χ1) is 7.95. The Morgan fingerprint density at radius 2 is 2.11 bits per heavy atom. The van der Waals surface area contributed by atoms with E-state index < -0.39 is 10.0 Å². The van der Waals surface area contributed by atoms with Gasteiger partial charge in [0.15, 0.2) is 0 Å². The Bertz CT molecular complexity index is 361. The van der Waals surface area contributed by atoms with Crippen LogP contribution in [-0.2, 0) is 14.8 Å². The van der Waals surface area contributed by atoms with Crippen LogP contribution in [0.4, 0.5) is 0 Å². The van der Waals surface area contributed by atoms with Crippen molar-refractivity contribution in [2.45, 2.75) is 26.3 Å². The Balaban J connectivity index is 0.00000289. The predicted molar refractivity (Wildman–Crippen MR) is 73.4 cm³/mol. The highest BCUT2D eigenvalue weighted by Crippen LogP contribution is 2.11. The number of halogens is 1. The zero-order chi connectivity index (χ0) is 12.9. The molecule has 18 heavy (non-hydrogen) atoms. The summed E-state index contributed by atoms with van der Waals surface area (Å²) >= 11 is 0. The van der Waals surface area contributed by atoms with Crippen LogP contribution >= 0.6 is 12.4 Å². The van der Waals surface area contributed by atoms with E-state index in [-0.39, 0.29) is 36.7 Å². The molecule has 2 N–H and O–H groups in total. The number of likely N-dealkylation sites (N-methyl/N-ethyl adjacent to an activating group) is 1. The molecule has 8 heteroatoms. The zero-order valence-corrected chi connectivity index (χ0v) is 12.4. The van der Waals surface area contributed by atoms with Gasteiger partial charge < -0.3 is 10.6 Å². The fourth-order valence-electron chi connectivity index (χ4n) is 1.77. The van der Waals surface area contributed by atoms with Gasteiger partial charge in [-0.25, -0.2) is 8.42 Å². The van der Waals surface area contributed by atoms with Crippen molar-refractivity contribution in [1.29, 1.82) is 0 Å². The van der Waals surface area contributed by atoms with E-state index in [4.69, 9.17) is 0 Å². The quantitative estimate of drug-likeness (QED) is 0.697. The summed E-state index contributed by atoms with van der Waals surface area (Å²) in [6.45, 7) is 5.73. The highest BCUT2D eigenvalue weighted by molar-refractivity contribution is 7.89. The summed E-state index contributed by atoms with van der Waals surface area (Å²) in [5, 5.41) is 5.89. The van der Waals surface area contributed by atoms with Crippen LogP contribution < -0.4 is 10.6 Å². The highest BCUT2D eigenvalue weighted by atomic mass is 35.5. The monoisotopic (exact) mass is 299 g/mol. The largest absolute Gasteiger partial charge is 0.353 e. The molecule has 0 aromatic rings. The molecule has 1 amide bonds. The molecule has 6 nitrogen and oxygen atoms in total. The molecule has 0 saturated carbocycles. The third-order valence-corrected chi connectivity index (χ3v) is 4.58. The van der Waals surface area contributed by atoms with E-state index in [2.05, 4.69) is 10.6 Å². The molecule has 1 rings (SSSR count). The molecule has 1 atom stereocenters. The Kier molecular flexibility index (Phi) is 7.77. The van der Waals surface area contributed by atoms with Gasteiger partial charge in [-0.3, -0.25) is 4.79 Å². The van der Waals surface area contributed by atoms with Gasteiger partial charge in [-0.2, -0.15) is 4.31 Å². The van der Waals surface area contributed by atoms with Crippen molar-refractivity contribution in [3.8, 4) is 0 Å². The minimum atomic E-state index is -3.17. The van der Waals surface area contributed by atoms with Crippen LogP contribution in [0.1, 0.15) is 20.3 Å². The summed E-state index contributed by atoms with van der Waals surface area (Å²) in [7, 11) is -3.17. The van der Waals surface area contributed by atoms with Gasteiger partial charge in [-0.1, -0.05) is 6.92 Å². The van der Waals surface area contributed by atoms with Crippen LogP contribution in [0.25, 0.3) is 0 Å². The number of nitrogens with zero attached hydrogens (tertiary/aromatic N) is 1. The molecule has 1 aliphatic rings. The van der Waals surface area contributed by atoms with Gasteiger partial charge in [0.25, 0.3) is 0 Å². The van der Waals surface area contributed by atoms with Gasteiger partial charge in [0.1, 0.15) is 0 Å². The van der Waals surface area contributed by atoms with E-state index in [1.54, 1.807) is 0 Å². The first kappa shape index (κ1) is 17.6. The first-order valence-electron chi connectivity index (χ1n) is 5.93. The molecule has 1 heterocycles. The van der Waals surface area contributed by atoms with Gasteiger partial charge in [0.05, 0.1) is 12.3 Å². The molecule has 0 aromatic heterocycles. The average Bonchev–Trinajstić information content (AvgIpc) is 2.56. The lowest BCUT2D eigenvalue weighted by Crippen LogP contribution is -2.43. The van der Waals surface area contributed by atoms with Crippen LogP contribution in [0, 0.1) is 0 Å².